The SMILES string of the molecule is CC1(C)CC(NC(=O)c2ccccc2O)CC(C)(C)N1. The number of phenolic OH excluding ortho intramolecular Hbond substituents is 1. The van der Waals surface area contributed by atoms with Crippen molar-refractivity contribution in [2.45, 2.75) is 57.7 Å². The van der Waals surface area contributed by atoms with Crippen LogP contribution in [0.1, 0.15) is 50.9 Å². The fraction of sp³-hybridized carbons (Fsp3) is 0.562. The first-order valence-electron chi connectivity index (χ1n) is 7.07. The molecule has 0 radical (unpaired) electrons. The maximum Gasteiger partial charge on any atom is 0.255 e. The molecule has 0 aliphatic carbocycles. The van der Waals surface area contributed by atoms with E-state index in [0.717, 1.165) is 12.8 Å². The van der Waals surface area contributed by atoms with Crippen LogP contribution in [0.2, 0.25) is 0 Å². The van der Waals surface area contributed by atoms with E-state index in [4.69, 9.17) is 0 Å². The lowest BCUT2D eigenvalue weighted by molar-refractivity contribution is 0.0870. The summed E-state index contributed by atoms with van der Waals surface area (Å²) in [6.45, 7) is 8.58. The highest BCUT2D eigenvalue weighted by molar-refractivity contribution is 5.96. The minimum absolute atomic E-state index is 0.0154. The van der Waals surface area contributed by atoms with Gasteiger partial charge in [-0.1, -0.05) is 12.1 Å². The van der Waals surface area contributed by atoms with Crippen LogP contribution in [0.5, 0.6) is 5.75 Å². The Labute approximate surface area is 120 Å². The van der Waals surface area contributed by atoms with E-state index in [1.165, 1.54) is 6.07 Å². The zero-order valence-corrected chi connectivity index (χ0v) is 12.7. The Morgan fingerprint density at radius 1 is 1.20 bits per heavy atom. The molecule has 0 aromatic heterocycles. The third-order valence-electron chi connectivity index (χ3n) is 3.67. The van der Waals surface area contributed by atoms with Gasteiger partial charge in [0.1, 0.15) is 5.75 Å². The number of carbonyl (C=O) groups excluding carboxylic acids is 1. The third kappa shape index (κ3) is 3.51. The molecule has 1 aromatic carbocycles. The number of phenols is 1. The molecule has 0 unspecified atom stereocenters. The first-order chi connectivity index (χ1) is 9.19. The Kier molecular flexibility index (Phi) is 3.78. The van der Waals surface area contributed by atoms with E-state index in [1.54, 1.807) is 18.2 Å². The number of nitrogens with one attached hydrogen (secondary N) is 2. The summed E-state index contributed by atoms with van der Waals surface area (Å²) >= 11 is 0. The van der Waals surface area contributed by atoms with Crippen LogP contribution in [0.15, 0.2) is 24.3 Å². The van der Waals surface area contributed by atoms with Crippen LogP contribution in [0.3, 0.4) is 0 Å². The van der Waals surface area contributed by atoms with Crippen molar-refractivity contribution >= 4 is 5.91 Å². The Bertz CT molecular complexity index is 493. The van der Waals surface area contributed by atoms with Crippen molar-refractivity contribution in [2.24, 2.45) is 0 Å². The van der Waals surface area contributed by atoms with Gasteiger partial charge < -0.3 is 15.7 Å². The summed E-state index contributed by atoms with van der Waals surface area (Å²) in [6.07, 6.45) is 1.74. The molecule has 0 atom stereocenters. The van der Waals surface area contributed by atoms with Gasteiger partial charge in [-0.3, -0.25) is 4.79 Å². The first kappa shape index (κ1) is 14.9. The molecule has 1 saturated heterocycles. The molecule has 2 rings (SSSR count). The molecule has 110 valence electrons. The van der Waals surface area contributed by atoms with E-state index in [1.807, 2.05) is 0 Å². The van der Waals surface area contributed by atoms with E-state index >= 15 is 0 Å². The average molecular weight is 276 g/mol. The van der Waals surface area contributed by atoms with E-state index < -0.39 is 0 Å². The van der Waals surface area contributed by atoms with Gasteiger partial charge in [-0.05, 0) is 52.7 Å². The van der Waals surface area contributed by atoms with Gasteiger partial charge in [-0.2, -0.15) is 0 Å². The summed E-state index contributed by atoms with van der Waals surface area (Å²) in [6, 6.07) is 6.74. The van der Waals surface area contributed by atoms with Crippen LogP contribution in [-0.4, -0.2) is 28.1 Å². The van der Waals surface area contributed by atoms with E-state index in [9.17, 15) is 9.90 Å². The Hall–Kier alpha value is -1.55. The van der Waals surface area contributed by atoms with Crippen molar-refractivity contribution in [1.82, 2.24) is 10.6 Å². The van der Waals surface area contributed by atoms with Gasteiger partial charge >= 0.3 is 0 Å². The number of amides is 1. The quantitative estimate of drug-likeness (QED) is 0.777. The second-order valence-electron chi connectivity index (χ2n) is 6.99. The summed E-state index contributed by atoms with van der Waals surface area (Å²) < 4.78 is 0. The van der Waals surface area contributed by atoms with Crippen LogP contribution < -0.4 is 10.6 Å². The van der Waals surface area contributed by atoms with Crippen LogP contribution >= 0.6 is 0 Å². The van der Waals surface area contributed by atoms with Crippen molar-refractivity contribution in [3.8, 4) is 5.75 Å². The number of benzene rings is 1. The molecule has 20 heavy (non-hydrogen) atoms. The van der Waals surface area contributed by atoms with Crippen LogP contribution in [0.25, 0.3) is 0 Å². The molecule has 0 spiro atoms. The molecular formula is C16H24N2O2. The molecule has 1 amide bonds. The highest BCUT2D eigenvalue weighted by atomic mass is 16.3. The minimum Gasteiger partial charge on any atom is -0.507 e. The monoisotopic (exact) mass is 276 g/mol. The summed E-state index contributed by atoms with van der Waals surface area (Å²) in [7, 11) is 0. The largest absolute Gasteiger partial charge is 0.507 e. The molecule has 1 fully saturated rings. The summed E-state index contributed by atoms with van der Waals surface area (Å²) in [5, 5.41) is 16.4. The summed E-state index contributed by atoms with van der Waals surface area (Å²) in [4.78, 5) is 12.3. The smallest absolute Gasteiger partial charge is 0.255 e. The second-order valence-corrected chi connectivity index (χ2v) is 6.99. The van der Waals surface area contributed by atoms with Gasteiger partial charge in [0.05, 0.1) is 5.56 Å². The van der Waals surface area contributed by atoms with E-state index in [-0.39, 0.29) is 28.8 Å². The molecule has 0 bridgehead atoms. The van der Waals surface area contributed by atoms with Gasteiger partial charge in [-0.15, -0.1) is 0 Å². The van der Waals surface area contributed by atoms with E-state index in [2.05, 4.69) is 38.3 Å². The number of para-hydroxylation sites is 1. The summed E-state index contributed by atoms with van der Waals surface area (Å²) in [5.74, 6) is -0.181. The molecule has 1 aliphatic rings. The summed E-state index contributed by atoms with van der Waals surface area (Å²) in [5.41, 5.74) is 0.304. The highest BCUT2D eigenvalue weighted by Gasteiger charge is 2.38. The minimum atomic E-state index is -0.207. The van der Waals surface area contributed by atoms with Gasteiger partial charge in [0.25, 0.3) is 5.91 Å². The number of rotatable bonds is 2. The van der Waals surface area contributed by atoms with Crippen molar-refractivity contribution in [1.29, 1.82) is 0 Å². The maximum atomic E-state index is 12.3. The Morgan fingerprint density at radius 2 is 1.75 bits per heavy atom. The molecule has 1 aliphatic heterocycles. The number of carbonyl (C=O) groups is 1. The number of aromatic hydroxyl groups is 1. The lowest BCUT2D eigenvalue weighted by Crippen LogP contribution is -2.62. The average Bonchev–Trinajstić information content (AvgIpc) is 2.24. The van der Waals surface area contributed by atoms with Crippen molar-refractivity contribution in [2.75, 3.05) is 0 Å². The molecule has 1 aromatic rings. The molecule has 0 saturated carbocycles. The number of hydrogen-bond donors (Lipinski definition) is 3. The van der Waals surface area contributed by atoms with E-state index in [0.29, 0.717) is 5.56 Å². The lowest BCUT2D eigenvalue weighted by atomic mass is 9.79. The van der Waals surface area contributed by atoms with Crippen molar-refractivity contribution < 1.29 is 9.90 Å². The number of piperidine rings is 1. The second kappa shape index (κ2) is 5.09. The van der Waals surface area contributed by atoms with Gasteiger partial charge in [0, 0.05) is 17.1 Å². The molecule has 4 nitrogen and oxygen atoms in total. The predicted molar refractivity (Wildman–Crippen MR) is 79.9 cm³/mol. The third-order valence-corrected chi connectivity index (χ3v) is 3.67. The topological polar surface area (TPSA) is 61.4 Å². The van der Waals surface area contributed by atoms with Crippen LogP contribution in [-0.2, 0) is 0 Å². The maximum absolute atomic E-state index is 12.3. The molecule has 1 heterocycles. The standard InChI is InChI=1S/C16H24N2O2/c1-15(2)9-11(10-16(3,4)18-15)17-14(20)12-7-5-6-8-13(12)19/h5-8,11,18-19H,9-10H2,1-4H3,(H,17,20). The molecular weight excluding hydrogens is 252 g/mol. The first-order valence-corrected chi connectivity index (χ1v) is 7.07. The molecule has 4 heteroatoms. The van der Waals surface area contributed by atoms with Crippen LogP contribution in [0.4, 0.5) is 0 Å². The van der Waals surface area contributed by atoms with Gasteiger partial charge in [0.15, 0.2) is 0 Å². The highest BCUT2D eigenvalue weighted by Crippen LogP contribution is 2.29. The van der Waals surface area contributed by atoms with Gasteiger partial charge in [0.2, 0.25) is 0 Å². The molecule has 3 N–H and O–H groups in total. The Balaban J connectivity index is 2.10. The van der Waals surface area contributed by atoms with Crippen LogP contribution in [0, 0.1) is 0 Å². The Morgan fingerprint density at radius 3 is 2.30 bits per heavy atom. The van der Waals surface area contributed by atoms with Gasteiger partial charge in [-0.25, -0.2) is 0 Å². The zero-order valence-electron chi connectivity index (χ0n) is 12.7. The fourth-order valence-electron chi connectivity index (χ4n) is 3.35. The zero-order chi connectivity index (χ0) is 15.0. The number of hydrogen-bond acceptors (Lipinski definition) is 3. The van der Waals surface area contributed by atoms with Crippen molar-refractivity contribution in [3.05, 3.63) is 29.8 Å². The predicted octanol–water partition coefficient (Wildman–Crippen LogP) is 2.43. The van der Waals surface area contributed by atoms with Crippen molar-refractivity contribution in [3.63, 3.8) is 0 Å². The normalized spacial score (nSPS) is 21.4. The fourth-order valence-corrected chi connectivity index (χ4v) is 3.35. The lowest BCUT2D eigenvalue weighted by Gasteiger charge is -2.46.